The number of hydrogen-bond acceptors (Lipinski definition) is 6. The van der Waals surface area contributed by atoms with Crippen molar-refractivity contribution in [2.75, 3.05) is 13.2 Å². The normalized spacial score (nSPS) is 25.8. The first-order valence-corrected chi connectivity index (χ1v) is 22.9. The summed E-state index contributed by atoms with van der Waals surface area (Å²) < 4.78 is 45.6. The van der Waals surface area contributed by atoms with Gasteiger partial charge in [-0.25, -0.2) is 9.18 Å². The van der Waals surface area contributed by atoms with Gasteiger partial charge < -0.3 is 18.0 Å². The van der Waals surface area contributed by atoms with Crippen LogP contribution >= 0.6 is 12.2 Å². The molecular formula is C27H53FN2O5SSi3. The average molecular weight is 621 g/mol. The van der Waals surface area contributed by atoms with Crippen molar-refractivity contribution in [1.29, 1.82) is 0 Å². The predicted octanol–water partition coefficient (Wildman–Crippen LogP) is 7.69. The van der Waals surface area contributed by atoms with Gasteiger partial charge in [0.1, 0.15) is 11.2 Å². The van der Waals surface area contributed by atoms with E-state index in [0.29, 0.717) is 0 Å². The van der Waals surface area contributed by atoms with E-state index in [4.69, 9.17) is 30.2 Å². The third-order valence-electron chi connectivity index (χ3n) is 9.44. The average Bonchev–Trinajstić information content (AvgIpc) is 2.96. The molecule has 3 atom stereocenters. The van der Waals surface area contributed by atoms with Gasteiger partial charge in [0.25, 0.3) is 5.85 Å². The number of H-pyrrole nitrogens is 1. The van der Waals surface area contributed by atoms with Crippen LogP contribution < -0.4 is 5.69 Å². The van der Waals surface area contributed by atoms with Gasteiger partial charge in [-0.15, -0.1) is 0 Å². The molecule has 12 heteroatoms. The van der Waals surface area contributed by atoms with Crippen LogP contribution in [0.4, 0.5) is 4.39 Å². The van der Waals surface area contributed by atoms with E-state index in [1.165, 1.54) is 4.57 Å². The van der Waals surface area contributed by atoms with Gasteiger partial charge in [0.05, 0.1) is 6.61 Å². The number of nitrogens with zero attached hydrogens (tertiary/aromatic N) is 1. The molecule has 0 bridgehead atoms. The van der Waals surface area contributed by atoms with Gasteiger partial charge in [-0.05, 0) is 60.5 Å². The van der Waals surface area contributed by atoms with Crippen molar-refractivity contribution in [3.05, 3.63) is 27.4 Å². The van der Waals surface area contributed by atoms with Gasteiger partial charge >= 0.3 is 5.69 Å². The van der Waals surface area contributed by atoms with Gasteiger partial charge in [-0.2, -0.15) is 0 Å². The van der Waals surface area contributed by atoms with Gasteiger partial charge in [0.15, 0.2) is 36.8 Å². The Morgan fingerprint density at radius 2 is 1.46 bits per heavy atom. The largest absolute Gasteiger partial charge is 0.411 e. The molecule has 1 N–H and O–H groups in total. The molecule has 1 aromatic heterocycles. The summed E-state index contributed by atoms with van der Waals surface area (Å²) in [5, 5.41) is -0.593. The zero-order valence-corrected chi connectivity index (χ0v) is 30.7. The Labute approximate surface area is 243 Å². The highest BCUT2D eigenvalue weighted by molar-refractivity contribution is 7.71. The van der Waals surface area contributed by atoms with E-state index in [1.807, 2.05) is 0 Å². The van der Waals surface area contributed by atoms with Crippen molar-refractivity contribution in [2.24, 2.45) is 0 Å². The minimum absolute atomic E-state index is 0.127. The molecule has 2 rings (SSSR count). The van der Waals surface area contributed by atoms with Gasteiger partial charge in [0, 0.05) is 6.20 Å². The van der Waals surface area contributed by atoms with Crippen molar-refractivity contribution < 1.29 is 22.4 Å². The lowest BCUT2D eigenvalue weighted by Gasteiger charge is -2.49. The minimum atomic E-state index is -2.62. The van der Waals surface area contributed by atoms with E-state index >= 15 is 4.39 Å². The maximum absolute atomic E-state index is 17.4. The summed E-state index contributed by atoms with van der Waals surface area (Å²) in [6.45, 7) is 30.9. The smallest absolute Gasteiger partial charge is 0.328 e. The Hall–Kier alpha value is -0.479. The number of aromatic nitrogens is 2. The summed E-state index contributed by atoms with van der Waals surface area (Å²) in [6.07, 6.45) is 0.312. The molecule has 1 fully saturated rings. The van der Waals surface area contributed by atoms with E-state index in [-0.39, 0.29) is 33.0 Å². The van der Waals surface area contributed by atoms with Crippen LogP contribution in [0.5, 0.6) is 0 Å². The Balaban J connectivity index is 2.84. The maximum atomic E-state index is 17.4. The van der Waals surface area contributed by atoms with Crippen LogP contribution in [0, 0.1) is 4.64 Å². The van der Waals surface area contributed by atoms with Crippen LogP contribution in [0.1, 0.15) is 62.3 Å². The van der Waals surface area contributed by atoms with Crippen LogP contribution in [0.3, 0.4) is 0 Å². The third-order valence-corrected chi connectivity index (χ3v) is 23.1. The second kappa shape index (κ2) is 10.7. The van der Waals surface area contributed by atoms with E-state index in [0.717, 1.165) is 0 Å². The van der Waals surface area contributed by atoms with E-state index in [1.54, 1.807) is 12.3 Å². The number of ether oxygens (including phenoxy) is 1. The van der Waals surface area contributed by atoms with Gasteiger partial charge in [-0.3, -0.25) is 9.55 Å². The zero-order chi connectivity index (χ0) is 30.7. The molecule has 0 amide bonds. The van der Waals surface area contributed by atoms with E-state index in [2.05, 4.69) is 107 Å². The first-order chi connectivity index (χ1) is 17.1. The van der Waals surface area contributed by atoms with E-state index in [9.17, 15) is 4.79 Å². The molecule has 226 valence electrons. The maximum Gasteiger partial charge on any atom is 0.328 e. The molecule has 0 aliphatic carbocycles. The fourth-order valence-electron chi connectivity index (χ4n) is 3.61. The monoisotopic (exact) mass is 620 g/mol. The molecule has 1 unspecified atom stereocenters. The number of halogens is 1. The summed E-state index contributed by atoms with van der Waals surface area (Å²) in [4.78, 5) is 16.2. The molecule has 2 heterocycles. The first kappa shape index (κ1) is 34.7. The lowest BCUT2D eigenvalue weighted by molar-refractivity contribution is -0.185. The fourth-order valence-corrected chi connectivity index (χ4v) is 7.51. The highest BCUT2D eigenvalue weighted by Crippen LogP contribution is 2.51. The van der Waals surface area contributed by atoms with Crippen molar-refractivity contribution in [3.8, 4) is 0 Å². The summed E-state index contributed by atoms with van der Waals surface area (Å²) in [5.74, 6) is -2.35. The zero-order valence-electron chi connectivity index (χ0n) is 26.9. The Morgan fingerprint density at radius 3 is 1.90 bits per heavy atom. The van der Waals surface area contributed by atoms with Crippen molar-refractivity contribution in [2.45, 2.75) is 134 Å². The topological polar surface area (TPSA) is 74.7 Å². The minimum Gasteiger partial charge on any atom is -0.411 e. The van der Waals surface area contributed by atoms with Crippen LogP contribution in [0.2, 0.25) is 54.4 Å². The Morgan fingerprint density at radius 1 is 0.974 bits per heavy atom. The summed E-state index contributed by atoms with van der Waals surface area (Å²) in [6, 6.07) is 1.61. The molecule has 1 aliphatic rings. The van der Waals surface area contributed by atoms with Crippen molar-refractivity contribution in [3.63, 3.8) is 0 Å². The Kier molecular flexibility index (Phi) is 9.49. The van der Waals surface area contributed by atoms with Crippen LogP contribution in [0.15, 0.2) is 17.1 Å². The SMILES string of the molecule is CC(C)(C)[Si](C)(C)OC[C@@]1(F)OC[C@](O[Si](C)(C)C(C)(C)C)(n2ccc(=S)[nH]c2=O)C1O[Si](C)(C)C(C)(C)C. The molecule has 0 aromatic carbocycles. The number of alkyl halides is 1. The second-order valence-corrected chi connectivity index (χ2v) is 30.3. The van der Waals surface area contributed by atoms with Crippen LogP contribution in [-0.2, 0) is 23.7 Å². The van der Waals surface area contributed by atoms with Crippen LogP contribution in [-0.4, -0.2) is 59.7 Å². The van der Waals surface area contributed by atoms with Gasteiger partial charge in [0.2, 0.25) is 0 Å². The quantitative estimate of drug-likeness (QED) is 0.237. The van der Waals surface area contributed by atoms with Crippen molar-refractivity contribution >= 4 is 37.2 Å². The highest BCUT2D eigenvalue weighted by Gasteiger charge is 2.67. The number of nitrogens with one attached hydrogen (secondary N) is 1. The third kappa shape index (κ3) is 6.95. The van der Waals surface area contributed by atoms with Crippen LogP contribution in [0.25, 0.3) is 0 Å². The number of aromatic amines is 1. The standard InChI is InChI=1S/C27H53FN2O5SSi3/c1-23(2,3)37(10,11)33-18-26(28)21(34-38(12,13)24(4,5)6)27(19-32-26,35-39(14,15)25(7,8)9)30-17-16-20(36)29-22(30)31/h16-17,21H,18-19H2,1-15H3,(H,29,31,36)/t21?,26-,27-/m1/s1. The molecule has 0 spiro atoms. The fraction of sp³-hybridized carbons (Fsp3) is 0.852. The second-order valence-electron chi connectivity index (χ2n) is 15.6. The van der Waals surface area contributed by atoms with Gasteiger partial charge in [-0.1, -0.05) is 74.5 Å². The molecule has 1 saturated heterocycles. The first-order valence-electron chi connectivity index (χ1n) is 13.8. The molecule has 1 aromatic rings. The molecule has 7 nitrogen and oxygen atoms in total. The molecule has 1 aliphatic heterocycles. The van der Waals surface area contributed by atoms with Crippen molar-refractivity contribution in [1.82, 2.24) is 9.55 Å². The Bertz CT molecular complexity index is 1150. The molecular weight excluding hydrogens is 568 g/mol. The molecule has 39 heavy (non-hydrogen) atoms. The predicted molar refractivity (Wildman–Crippen MR) is 167 cm³/mol. The summed E-state index contributed by atoms with van der Waals surface area (Å²) in [5.41, 5.74) is -2.07. The highest BCUT2D eigenvalue weighted by atomic mass is 32.1. The van der Waals surface area contributed by atoms with E-state index < -0.39 is 48.3 Å². The summed E-state index contributed by atoms with van der Waals surface area (Å²) >= 11 is 5.22. The lowest BCUT2D eigenvalue weighted by Crippen LogP contribution is -2.65. The number of rotatable bonds is 8. The molecule has 0 saturated carbocycles. The summed E-state index contributed by atoms with van der Waals surface area (Å²) in [7, 11) is -7.59. The molecule has 0 radical (unpaired) electrons. The lowest BCUT2D eigenvalue weighted by atomic mass is 10.0. The number of hydrogen-bond donors (Lipinski definition) is 1.